The van der Waals surface area contributed by atoms with E-state index in [0.717, 1.165) is 35.2 Å². The number of nitrogens with zero attached hydrogens (tertiary/aromatic N) is 4. The first-order valence-corrected chi connectivity index (χ1v) is 8.72. The molecule has 0 spiro atoms. The molecule has 6 heteroatoms. The topological polar surface area (TPSA) is 32.3 Å². The highest BCUT2D eigenvalue weighted by molar-refractivity contribution is 7.18. The second-order valence-electron chi connectivity index (χ2n) is 6.18. The van der Waals surface area contributed by atoms with Crippen LogP contribution in [0.2, 0.25) is 5.28 Å². The van der Waals surface area contributed by atoms with Gasteiger partial charge in [0.15, 0.2) is 0 Å². The minimum absolute atomic E-state index is 0.363. The molecule has 0 amide bonds. The van der Waals surface area contributed by atoms with E-state index in [2.05, 4.69) is 39.8 Å². The number of thiophene rings is 1. The predicted octanol–water partition coefficient (Wildman–Crippen LogP) is 3.33. The second-order valence-corrected chi connectivity index (χ2v) is 7.75. The summed E-state index contributed by atoms with van der Waals surface area (Å²) in [5.41, 5.74) is 0. The standard InChI is InChI=1S/C15H19ClN4S/c1-9-7-12-13(17-15(16)18-14(12)21-9)20-6-5-10-3-4-11(8-20)19(10)2/h7,10-11H,3-6,8H2,1-2H3. The van der Waals surface area contributed by atoms with Crippen molar-refractivity contribution in [1.29, 1.82) is 0 Å². The molecule has 0 aromatic carbocycles. The lowest BCUT2D eigenvalue weighted by Crippen LogP contribution is -2.37. The number of halogens is 1. The minimum Gasteiger partial charge on any atom is -0.354 e. The fourth-order valence-electron chi connectivity index (χ4n) is 3.74. The Kier molecular flexibility index (Phi) is 3.32. The van der Waals surface area contributed by atoms with E-state index in [9.17, 15) is 0 Å². The van der Waals surface area contributed by atoms with Crippen molar-refractivity contribution in [2.24, 2.45) is 0 Å². The van der Waals surface area contributed by atoms with Crippen LogP contribution in [0.4, 0.5) is 5.82 Å². The van der Waals surface area contributed by atoms with E-state index in [-0.39, 0.29) is 0 Å². The number of aryl methyl sites for hydroxylation is 1. The molecule has 2 atom stereocenters. The molecular formula is C15H19ClN4S. The van der Waals surface area contributed by atoms with Crippen molar-refractivity contribution in [3.8, 4) is 0 Å². The lowest BCUT2D eigenvalue weighted by molar-refractivity contribution is 0.254. The molecule has 2 aliphatic heterocycles. The Hall–Kier alpha value is -0.910. The highest BCUT2D eigenvalue weighted by Gasteiger charge is 2.35. The van der Waals surface area contributed by atoms with Crippen LogP contribution in [-0.4, -0.2) is 47.1 Å². The van der Waals surface area contributed by atoms with Gasteiger partial charge in [0.25, 0.3) is 0 Å². The zero-order valence-corrected chi connectivity index (χ0v) is 13.9. The molecule has 2 bridgehead atoms. The molecule has 2 saturated heterocycles. The third kappa shape index (κ3) is 2.31. The van der Waals surface area contributed by atoms with Gasteiger partial charge in [0.1, 0.15) is 10.6 Å². The summed E-state index contributed by atoms with van der Waals surface area (Å²) in [6, 6.07) is 3.57. The van der Waals surface area contributed by atoms with Crippen LogP contribution in [0.3, 0.4) is 0 Å². The summed E-state index contributed by atoms with van der Waals surface area (Å²) in [4.78, 5) is 16.2. The normalized spacial score (nSPS) is 26.5. The Labute approximate surface area is 133 Å². The Morgan fingerprint density at radius 2 is 2.05 bits per heavy atom. The van der Waals surface area contributed by atoms with Gasteiger partial charge in [0.2, 0.25) is 5.28 Å². The van der Waals surface area contributed by atoms with Gasteiger partial charge in [-0.15, -0.1) is 11.3 Å². The summed E-state index contributed by atoms with van der Waals surface area (Å²) in [7, 11) is 2.27. The molecule has 0 radical (unpaired) electrons. The highest BCUT2D eigenvalue weighted by Crippen LogP contribution is 2.35. The number of aromatic nitrogens is 2. The Morgan fingerprint density at radius 3 is 2.90 bits per heavy atom. The number of rotatable bonds is 1. The molecule has 4 heterocycles. The molecule has 4 rings (SSSR count). The van der Waals surface area contributed by atoms with E-state index >= 15 is 0 Å². The van der Waals surface area contributed by atoms with Crippen molar-refractivity contribution in [3.63, 3.8) is 0 Å². The summed E-state index contributed by atoms with van der Waals surface area (Å²) < 4.78 is 0. The first kappa shape index (κ1) is 13.7. The van der Waals surface area contributed by atoms with Gasteiger partial charge in [-0.2, -0.15) is 4.98 Å². The molecule has 0 N–H and O–H groups in total. The first-order valence-electron chi connectivity index (χ1n) is 7.52. The molecule has 2 aromatic rings. The van der Waals surface area contributed by atoms with Crippen molar-refractivity contribution >= 4 is 39.0 Å². The Morgan fingerprint density at radius 1 is 1.24 bits per heavy atom. The summed E-state index contributed by atoms with van der Waals surface area (Å²) in [6.07, 6.45) is 3.84. The van der Waals surface area contributed by atoms with Gasteiger partial charge in [-0.1, -0.05) is 0 Å². The monoisotopic (exact) mass is 322 g/mol. The third-order valence-corrected chi connectivity index (χ3v) is 6.03. The fourth-order valence-corrected chi connectivity index (χ4v) is 4.83. The van der Waals surface area contributed by atoms with Crippen LogP contribution in [0.25, 0.3) is 10.2 Å². The largest absolute Gasteiger partial charge is 0.354 e. The third-order valence-electron chi connectivity index (χ3n) is 4.92. The van der Waals surface area contributed by atoms with E-state index in [4.69, 9.17) is 11.6 Å². The zero-order valence-electron chi connectivity index (χ0n) is 12.3. The van der Waals surface area contributed by atoms with Crippen molar-refractivity contribution in [3.05, 3.63) is 16.2 Å². The van der Waals surface area contributed by atoms with Crippen molar-refractivity contribution in [2.75, 3.05) is 25.0 Å². The number of hydrogen-bond donors (Lipinski definition) is 0. The molecule has 0 aliphatic carbocycles. The van der Waals surface area contributed by atoms with Crippen LogP contribution >= 0.6 is 22.9 Å². The molecule has 4 nitrogen and oxygen atoms in total. The molecule has 112 valence electrons. The smallest absolute Gasteiger partial charge is 0.225 e. The van der Waals surface area contributed by atoms with Gasteiger partial charge >= 0.3 is 0 Å². The number of hydrogen-bond acceptors (Lipinski definition) is 5. The molecule has 2 aromatic heterocycles. The summed E-state index contributed by atoms with van der Waals surface area (Å²) in [6.45, 7) is 4.22. The van der Waals surface area contributed by atoms with Crippen LogP contribution < -0.4 is 4.90 Å². The molecule has 2 fully saturated rings. The molecular weight excluding hydrogens is 304 g/mol. The van der Waals surface area contributed by atoms with Gasteiger partial charge < -0.3 is 4.90 Å². The van der Waals surface area contributed by atoms with Crippen LogP contribution in [-0.2, 0) is 0 Å². The Bertz CT molecular complexity index is 686. The molecule has 2 aliphatic rings. The lowest BCUT2D eigenvalue weighted by atomic mass is 10.1. The second kappa shape index (κ2) is 5.07. The van der Waals surface area contributed by atoms with E-state index < -0.39 is 0 Å². The SMILES string of the molecule is Cc1cc2c(N3CCC4CCC(C3)N4C)nc(Cl)nc2s1. The van der Waals surface area contributed by atoms with E-state index in [1.807, 2.05) is 0 Å². The summed E-state index contributed by atoms with van der Waals surface area (Å²) >= 11 is 7.84. The first-order chi connectivity index (χ1) is 10.1. The molecule has 0 saturated carbocycles. The Balaban J connectivity index is 1.76. The number of likely N-dealkylation sites (N-methyl/N-ethyl adjacent to an activating group) is 1. The number of fused-ring (bicyclic) bond motifs is 3. The maximum absolute atomic E-state index is 6.15. The summed E-state index contributed by atoms with van der Waals surface area (Å²) in [5, 5.41) is 1.52. The fraction of sp³-hybridized carbons (Fsp3) is 0.600. The van der Waals surface area contributed by atoms with Gasteiger partial charge in [0, 0.05) is 30.1 Å². The summed E-state index contributed by atoms with van der Waals surface area (Å²) in [5.74, 6) is 1.02. The van der Waals surface area contributed by atoms with E-state index in [1.165, 1.54) is 24.1 Å². The lowest BCUT2D eigenvalue weighted by Gasteiger charge is -2.27. The van der Waals surface area contributed by atoms with Crippen LogP contribution in [0.5, 0.6) is 0 Å². The van der Waals surface area contributed by atoms with Gasteiger partial charge in [-0.25, -0.2) is 4.98 Å². The predicted molar refractivity (Wildman–Crippen MR) is 88.6 cm³/mol. The maximum Gasteiger partial charge on any atom is 0.225 e. The van der Waals surface area contributed by atoms with E-state index in [1.54, 1.807) is 11.3 Å². The quantitative estimate of drug-likeness (QED) is 0.754. The van der Waals surface area contributed by atoms with Gasteiger partial charge in [0.05, 0.1) is 5.39 Å². The maximum atomic E-state index is 6.15. The molecule has 2 unspecified atom stereocenters. The van der Waals surface area contributed by atoms with Crippen LogP contribution in [0.15, 0.2) is 6.07 Å². The van der Waals surface area contributed by atoms with Crippen molar-refractivity contribution in [2.45, 2.75) is 38.3 Å². The zero-order chi connectivity index (χ0) is 14.6. The van der Waals surface area contributed by atoms with Crippen molar-refractivity contribution < 1.29 is 0 Å². The van der Waals surface area contributed by atoms with Crippen molar-refractivity contribution in [1.82, 2.24) is 14.9 Å². The average Bonchev–Trinajstić information content (AvgIpc) is 2.89. The van der Waals surface area contributed by atoms with E-state index in [0.29, 0.717) is 11.3 Å². The van der Waals surface area contributed by atoms with Gasteiger partial charge in [-0.05, 0) is 50.9 Å². The van der Waals surface area contributed by atoms with Crippen LogP contribution in [0.1, 0.15) is 24.1 Å². The minimum atomic E-state index is 0.363. The van der Waals surface area contributed by atoms with Gasteiger partial charge in [-0.3, -0.25) is 4.90 Å². The molecule has 21 heavy (non-hydrogen) atoms. The van der Waals surface area contributed by atoms with Crippen LogP contribution in [0, 0.1) is 6.92 Å². The highest BCUT2D eigenvalue weighted by atomic mass is 35.5. The average molecular weight is 323 g/mol. The number of anilines is 1.